The standard InChI is InChI=1S/C19H19NO4/c20-11-17(21)24-18-15(10-14-3-1-2-4-16(14)18)9-12-5-7-13(8-6-12)19(22)23/h1-8,15,18H,9-11,20H2,(H,22,23). The number of carboxylic acids is 1. The van der Waals surface area contributed by atoms with Crippen molar-refractivity contribution in [3.8, 4) is 0 Å². The van der Waals surface area contributed by atoms with Crippen molar-refractivity contribution in [2.45, 2.75) is 18.9 Å². The number of benzene rings is 2. The lowest BCUT2D eigenvalue weighted by Crippen LogP contribution is -2.23. The molecule has 2 unspecified atom stereocenters. The van der Waals surface area contributed by atoms with Crippen molar-refractivity contribution in [1.29, 1.82) is 0 Å². The van der Waals surface area contributed by atoms with Crippen molar-refractivity contribution >= 4 is 11.9 Å². The van der Waals surface area contributed by atoms with E-state index in [-0.39, 0.29) is 24.1 Å². The van der Waals surface area contributed by atoms with Gasteiger partial charge in [-0.2, -0.15) is 0 Å². The fourth-order valence-electron chi connectivity index (χ4n) is 3.26. The molecular formula is C19H19NO4. The average Bonchev–Trinajstić information content (AvgIpc) is 2.92. The van der Waals surface area contributed by atoms with Gasteiger partial charge in [0.1, 0.15) is 6.10 Å². The van der Waals surface area contributed by atoms with Gasteiger partial charge in [-0.3, -0.25) is 4.79 Å². The predicted octanol–water partition coefficient (Wildman–Crippen LogP) is 2.34. The van der Waals surface area contributed by atoms with Crippen molar-refractivity contribution in [2.75, 3.05) is 6.54 Å². The predicted molar refractivity (Wildman–Crippen MR) is 88.6 cm³/mol. The van der Waals surface area contributed by atoms with Crippen LogP contribution in [-0.2, 0) is 22.4 Å². The van der Waals surface area contributed by atoms with Gasteiger partial charge in [-0.25, -0.2) is 4.79 Å². The first kappa shape index (κ1) is 16.2. The summed E-state index contributed by atoms with van der Waals surface area (Å²) in [5, 5.41) is 8.98. The minimum atomic E-state index is -0.940. The highest BCUT2D eigenvalue weighted by Crippen LogP contribution is 2.40. The van der Waals surface area contributed by atoms with Crippen molar-refractivity contribution in [1.82, 2.24) is 0 Å². The topological polar surface area (TPSA) is 89.6 Å². The molecule has 3 rings (SSSR count). The molecule has 3 N–H and O–H groups in total. The van der Waals surface area contributed by atoms with Crippen LogP contribution in [0.4, 0.5) is 0 Å². The number of rotatable bonds is 5. The maximum absolute atomic E-state index is 11.7. The second kappa shape index (κ2) is 6.84. The maximum Gasteiger partial charge on any atom is 0.335 e. The van der Waals surface area contributed by atoms with E-state index in [0.717, 1.165) is 17.5 Å². The molecular weight excluding hydrogens is 306 g/mol. The minimum absolute atomic E-state index is 0.119. The summed E-state index contributed by atoms with van der Waals surface area (Å²) in [5.74, 6) is -1.24. The number of ether oxygens (including phenoxy) is 1. The van der Waals surface area contributed by atoms with Gasteiger partial charge in [0.25, 0.3) is 0 Å². The third kappa shape index (κ3) is 3.31. The Kier molecular flexibility index (Phi) is 4.62. The minimum Gasteiger partial charge on any atom is -0.478 e. The zero-order valence-electron chi connectivity index (χ0n) is 13.1. The lowest BCUT2D eigenvalue weighted by Gasteiger charge is -2.21. The Labute approximate surface area is 140 Å². The lowest BCUT2D eigenvalue weighted by molar-refractivity contribution is -0.149. The molecule has 24 heavy (non-hydrogen) atoms. The van der Waals surface area contributed by atoms with Crippen molar-refractivity contribution in [2.24, 2.45) is 11.7 Å². The molecule has 124 valence electrons. The summed E-state index contributed by atoms with van der Waals surface area (Å²) in [6.07, 6.45) is 1.22. The zero-order valence-corrected chi connectivity index (χ0v) is 13.1. The van der Waals surface area contributed by atoms with Crippen LogP contribution in [0.2, 0.25) is 0 Å². The van der Waals surface area contributed by atoms with Gasteiger partial charge in [0.15, 0.2) is 0 Å². The number of aromatic carboxylic acids is 1. The van der Waals surface area contributed by atoms with Crippen LogP contribution in [0.3, 0.4) is 0 Å². The van der Waals surface area contributed by atoms with Crippen LogP contribution < -0.4 is 5.73 Å². The zero-order chi connectivity index (χ0) is 17.1. The Bertz CT molecular complexity index is 754. The van der Waals surface area contributed by atoms with E-state index in [1.807, 2.05) is 36.4 Å². The second-order valence-electron chi connectivity index (χ2n) is 5.98. The molecule has 5 heteroatoms. The molecule has 0 heterocycles. The van der Waals surface area contributed by atoms with Crippen LogP contribution in [-0.4, -0.2) is 23.6 Å². The summed E-state index contributed by atoms with van der Waals surface area (Å²) in [5.41, 5.74) is 8.88. The lowest BCUT2D eigenvalue weighted by atomic mass is 9.94. The Morgan fingerprint density at radius 1 is 1.12 bits per heavy atom. The highest BCUT2D eigenvalue weighted by Gasteiger charge is 2.34. The molecule has 0 amide bonds. The largest absolute Gasteiger partial charge is 0.478 e. The Balaban J connectivity index is 1.81. The normalized spacial score (nSPS) is 18.9. The van der Waals surface area contributed by atoms with Crippen molar-refractivity contribution < 1.29 is 19.4 Å². The fraction of sp³-hybridized carbons (Fsp3) is 0.263. The van der Waals surface area contributed by atoms with Gasteiger partial charge >= 0.3 is 11.9 Å². The SMILES string of the molecule is NCC(=O)OC1c2ccccc2CC1Cc1ccc(C(=O)O)cc1. The first-order chi connectivity index (χ1) is 11.6. The number of carbonyl (C=O) groups excluding carboxylic acids is 1. The molecule has 0 saturated carbocycles. The van der Waals surface area contributed by atoms with E-state index in [1.54, 1.807) is 12.1 Å². The molecule has 5 nitrogen and oxygen atoms in total. The number of esters is 1. The Morgan fingerprint density at radius 2 is 1.83 bits per heavy atom. The van der Waals surface area contributed by atoms with Gasteiger partial charge < -0.3 is 15.6 Å². The van der Waals surface area contributed by atoms with Gasteiger partial charge in [0.2, 0.25) is 0 Å². The molecule has 0 radical (unpaired) electrons. The van der Waals surface area contributed by atoms with E-state index < -0.39 is 11.9 Å². The Morgan fingerprint density at radius 3 is 2.50 bits per heavy atom. The third-order valence-corrected chi connectivity index (χ3v) is 4.40. The summed E-state index contributed by atoms with van der Waals surface area (Å²) in [4.78, 5) is 22.6. The molecule has 0 fully saturated rings. The van der Waals surface area contributed by atoms with Crippen LogP contribution in [0.25, 0.3) is 0 Å². The number of carbonyl (C=O) groups is 2. The number of carboxylic acid groups (broad SMARTS) is 1. The van der Waals surface area contributed by atoms with Gasteiger partial charge in [0, 0.05) is 5.92 Å². The second-order valence-corrected chi connectivity index (χ2v) is 5.98. The third-order valence-electron chi connectivity index (χ3n) is 4.40. The van der Waals surface area contributed by atoms with E-state index in [4.69, 9.17) is 15.6 Å². The summed E-state index contributed by atoms with van der Waals surface area (Å²) in [7, 11) is 0. The molecule has 1 aliphatic rings. The first-order valence-corrected chi connectivity index (χ1v) is 7.88. The van der Waals surface area contributed by atoms with E-state index in [1.165, 1.54) is 5.56 Å². The molecule has 0 aromatic heterocycles. The monoisotopic (exact) mass is 325 g/mol. The van der Waals surface area contributed by atoms with Crippen LogP contribution >= 0.6 is 0 Å². The van der Waals surface area contributed by atoms with E-state index >= 15 is 0 Å². The van der Waals surface area contributed by atoms with E-state index in [0.29, 0.717) is 6.42 Å². The van der Waals surface area contributed by atoms with Crippen LogP contribution in [0.1, 0.15) is 33.2 Å². The number of fused-ring (bicyclic) bond motifs is 1. The molecule has 1 aliphatic carbocycles. The number of hydrogen-bond donors (Lipinski definition) is 2. The maximum atomic E-state index is 11.7. The van der Waals surface area contributed by atoms with Gasteiger partial charge in [-0.15, -0.1) is 0 Å². The number of hydrogen-bond acceptors (Lipinski definition) is 4. The van der Waals surface area contributed by atoms with E-state index in [2.05, 4.69) is 0 Å². The van der Waals surface area contributed by atoms with Gasteiger partial charge in [0.05, 0.1) is 12.1 Å². The summed E-state index contributed by atoms with van der Waals surface area (Å²) in [6, 6.07) is 14.8. The first-order valence-electron chi connectivity index (χ1n) is 7.88. The van der Waals surface area contributed by atoms with Crippen molar-refractivity contribution in [3.05, 3.63) is 70.8 Å². The van der Waals surface area contributed by atoms with Crippen LogP contribution in [0, 0.1) is 5.92 Å². The molecule has 0 aliphatic heterocycles. The molecule has 2 aromatic rings. The fourth-order valence-corrected chi connectivity index (χ4v) is 3.26. The highest BCUT2D eigenvalue weighted by molar-refractivity contribution is 5.87. The molecule has 2 aromatic carbocycles. The molecule has 0 bridgehead atoms. The highest BCUT2D eigenvalue weighted by atomic mass is 16.5. The summed E-state index contributed by atoms with van der Waals surface area (Å²) < 4.78 is 5.58. The Hall–Kier alpha value is -2.66. The molecule has 2 atom stereocenters. The van der Waals surface area contributed by atoms with E-state index in [9.17, 15) is 9.59 Å². The van der Waals surface area contributed by atoms with Crippen molar-refractivity contribution in [3.63, 3.8) is 0 Å². The number of nitrogens with two attached hydrogens (primary N) is 1. The van der Waals surface area contributed by atoms with Crippen LogP contribution in [0.5, 0.6) is 0 Å². The summed E-state index contributed by atoms with van der Waals surface area (Å²) >= 11 is 0. The average molecular weight is 325 g/mol. The molecule has 0 saturated heterocycles. The summed E-state index contributed by atoms with van der Waals surface area (Å²) in [6.45, 7) is -0.140. The molecule has 0 spiro atoms. The van der Waals surface area contributed by atoms with Gasteiger partial charge in [-0.05, 0) is 41.7 Å². The smallest absolute Gasteiger partial charge is 0.335 e. The quantitative estimate of drug-likeness (QED) is 0.824. The van der Waals surface area contributed by atoms with Crippen LogP contribution in [0.15, 0.2) is 48.5 Å². The van der Waals surface area contributed by atoms with Gasteiger partial charge in [-0.1, -0.05) is 36.4 Å².